The largest absolute Gasteiger partial charge is 0.412 e. The average molecular weight is 356 g/mol. The zero-order valence-electron chi connectivity index (χ0n) is 16.4. The summed E-state index contributed by atoms with van der Waals surface area (Å²) in [7, 11) is -1.74. The Labute approximate surface area is 154 Å². The lowest BCUT2D eigenvalue weighted by molar-refractivity contribution is 0.124. The van der Waals surface area contributed by atoms with Crippen LogP contribution in [0, 0.1) is 0 Å². The van der Waals surface area contributed by atoms with Gasteiger partial charge in [0, 0.05) is 5.69 Å². The minimum Gasteiger partial charge on any atom is -0.412 e. The SMILES string of the molecule is CC(C)(C)[Si](C)(C)O[C@H]1CCCC[C@@H]1Nc1ccc2ccccc2c1. The van der Waals surface area contributed by atoms with Crippen LogP contribution in [0.15, 0.2) is 42.5 Å². The van der Waals surface area contributed by atoms with E-state index < -0.39 is 8.32 Å². The standard InChI is InChI=1S/C22H33NOSi/c1-22(2,3)25(4,5)24-21-13-9-8-12-20(21)23-19-15-14-17-10-6-7-11-18(17)16-19/h6-7,10-11,14-16,20-21,23H,8-9,12-13H2,1-5H3/t20-,21-/m0/s1. The Morgan fingerprint density at radius 2 is 1.64 bits per heavy atom. The van der Waals surface area contributed by atoms with Crippen molar-refractivity contribution in [2.24, 2.45) is 0 Å². The van der Waals surface area contributed by atoms with Gasteiger partial charge in [0.1, 0.15) is 0 Å². The molecule has 1 saturated carbocycles. The Bertz CT molecular complexity index is 719. The van der Waals surface area contributed by atoms with Gasteiger partial charge in [0.25, 0.3) is 0 Å². The fraction of sp³-hybridized carbons (Fsp3) is 0.545. The highest BCUT2D eigenvalue weighted by Gasteiger charge is 2.41. The van der Waals surface area contributed by atoms with Crippen molar-refractivity contribution < 1.29 is 4.43 Å². The van der Waals surface area contributed by atoms with E-state index in [1.54, 1.807) is 0 Å². The van der Waals surface area contributed by atoms with Crippen LogP contribution in [0.25, 0.3) is 10.8 Å². The monoisotopic (exact) mass is 355 g/mol. The van der Waals surface area contributed by atoms with Crippen LogP contribution in [0.2, 0.25) is 18.1 Å². The van der Waals surface area contributed by atoms with Crippen molar-refractivity contribution in [2.75, 3.05) is 5.32 Å². The molecule has 136 valence electrons. The Morgan fingerprint density at radius 3 is 2.36 bits per heavy atom. The molecular formula is C22H33NOSi. The van der Waals surface area contributed by atoms with E-state index >= 15 is 0 Å². The molecule has 0 aromatic heterocycles. The second kappa shape index (κ2) is 7.12. The molecule has 3 rings (SSSR count). The molecule has 0 saturated heterocycles. The molecule has 3 heteroatoms. The molecule has 0 radical (unpaired) electrons. The van der Waals surface area contributed by atoms with Crippen molar-refractivity contribution in [3.63, 3.8) is 0 Å². The third-order valence-corrected chi connectivity index (χ3v) is 10.6. The summed E-state index contributed by atoms with van der Waals surface area (Å²) < 4.78 is 6.79. The van der Waals surface area contributed by atoms with E-state index in [-0.39, 0.29) is 5.04 Å². The maximum Gasteiger partial charge on any atom is 0.192 e. The highest BCUT2D eigenvalue weighted by Crippen LogP contribution is 2.39. The lowest BCUT2D eigenvalue weighted by Gasteiger charge is -2.43. The summed E-state index contributed by atoms with van der Waals surface area (Å²) in [6, 6.07) is 15.7. The summed E-state index contributed by atoms with van der Waals surface area (Å²) in [5.74, 6) is 0. The van der Waals surface area contributed by atoms with Crippen LogP contribution in [0.1, 0.15) is 46.5 Å². The Balaban J connectivity index is 1.76. The zero-order valence-corrected chi connectivity index (χ0v) is 17.4. The number of hydrogen-bond acceptors (Lipinski definition) is 2. The Hall–Kier alpha value is -1.32. The molecule has 0 bridgehead atoms. The fourth-order valence-electron chi connectivity index (χ4n) is 3.45. The minimum absolute atomic E-state index is 0.262. The van der Waals surface area contributed by atoms with Crippen LogP contribution < -0.4 is 5.32 Å². The predicted octanol–water partition coefficient (Wildman–Crippen LogP) is 6.58. The zero-order chi connectivity index (χ0) is 18.1. The molecule has 1 fully saturated rings. The van der Waals surface area contributed by atoms with Crippen molar-refractivity contribution in [3.05, 3.63) is 42.5 Å². The highest BCUT2D eigenvalue weighted by atomic mass is 28.4. The first-order chi connectivity index (χ1) is 11.8. The van der Waals surface area contributed by atoms with Gasteiger partial charge in [-0.15, -0.1) is 0 Å². The van der Waals surface area contributed by atoms with Crippen molar-refractivity contribution in [1.82, 2.24) is 0 Å². The number of rotatable bonds is 4. The molecule has 1 N–H and O–H groups in total. The van der Waals surface area contributed by atoms with Gasteiger partial charge in [-0.05, 0) is 53.9 Å². The van der Waals surface area contributed by atoms with Gasteiger partial charge < -0.3 is 9.74 Å². The first-order valence-electron chi connectivity index (χ1n) is 9.69. The number of nitrogens with one attached hydrogen (secondary N) is 1. The van der Waals surface area contributed by atoms with Gasteiger partial charge in [0.05, 0.1) is 12.1 Å². The second-order valence-corrected chi connectivity index (χ2v) is 13.8. The molecule has 0 amide bonds. The first kappa shape index (κ1) is 18.5. The number of benzene rings is 2. The molecule has 2 atom stereocenters. The van der Waals surface area contributed by atoms with E-state index in [2.05, 4.69) is 81.6 Å². The Morgan fingerprint density at radius 1 is 0.960 bits per heavy atom. The van der Waals surface area contributed by atoms with Gasteiger partial charge in [-0.2, -0.15) is 0 Å². The Kier molecular flexibility index (Phi) is 5.26. The molecule has 2 aromatic rings. The van der Waals surface area contributed by atoms with Crippen LogP contribution in [-0.4, -0.2) is 20.5 Å². The molecule has 2 aromatic carbocycles. The van der Waals surface area contributed by atoms with Gasteiger partial charge in [0.15, 0.2) is 8.32 Å². The van der Waals surface area contributed by atoms with Gasteiger partial charge in [0.2, 0.25) is 0 Å². The van der Waals surface area contributed by atoms with Crippen molar-refractivity contribution >= 4 is 24.8 Å². The first-order valence-corrected chi connectivity index (χ1v) is 12.6. The van der Waals surface area contributed by atoms with Crippen LogP contribution in [0.4, 0.5) is 5.69 Å². The molecule has 1 aliphatic rings. The summed E-state index contributed by atoms with van der Waals surface area (Å²) in [4.78, 5) is 0. The normalized spacial score (nSPS) is 22.1. The van der Waals surface area contributed by atoms with E-state index in [0.29, 0.717) is 12.1 Å². The summed E-state index contributed by atoms with van der Waals surface area (Å²) in [5, 5.41) is 6.65. The van der Waals surface area contributed by atoms with Crippen molar-refractivity contribution in [3.8, 4) is 0 Å². The van der Waals surface area contributed by atoms with E-state index in [0.717, 1.165) is 0 Å². The lowest BCUT2D eigenvalue weighted by Crippen LogP contribution is -2.49. The third kappa shape index (κ3) is 4.27. The molecule has 0 aliphatic heterocycles. The molecule has 0 spiro atoms. The maximum absolute atomic E-state index is 6.79. The molecule has 0 heterocycles. The van der Waals surface area contributed by atoms with Crippen molar-refractivity contribution in [2.45, 2.75) is 76.7 Å². The third-order valence-electron chi connectivity index (χ3n) is 6.06. The minimum atomic E-state index is -1.74. The number of hydrogen-bond donors (Lipinski definition) is 1. The van der Waals surface area contributed by atoms with E-state index in [9.17, 15) is 0 Å². The van der Waals surface area contributed by atoms with Crippen LogP contribution in [-0.2, 0) is 4.43 Å². The quantitative estimate of drug-likeness (QED) is 0.625. The van der Waals surface area contributed by atoms with Crippen LogP contribution in [0.5, 0.6) is 0 Å². The van der Waals surface area contributed by atoms with Gasteiger partial charge >= 0.3 is 0 Å². The smallest absolute Gasteiger partial charge is 0.192 e. The van der Waals surface area contributed by atoms with Crippen LogP contribution in [0.3, 0.4) is 0 Å². The van der Waals surface area contributed by atoms with E-state index in [4.69, 9.17) is 4.43 Å². The molecule has 2 nitrogen and oxygen atoms in total. The number of anilines is 1. The predicted molar refractivity (Wildman–Crippen MR) is 112 cm³/mol. The topological polar surface area (TPSA) is 21.3 Å². The highest BCUT2D eigenvalue weighted by molar-refractivity contribution is 6.74. The van der Waals surface area contributed by atoms with E-state index in [1.165, 1.54) is 42.1 Å². The average Bonchev–Trinajstić information content (AvgIpc) is 2.55. The van der Waals surface area contributed by atoms with Crippen LogP contribution >= 0.6 is 0 Å². The fourth-order valence-corrected chi connectivity index (χ4v) is 4.84. The van der Waals surface area contributed by atoms with Gasteiger partial charge in [-0.1, -0.05) is 63.9 Å². The summed E-state index contributed by atoms with van der Waals surface area (Å²) >= 11 is 0. The van der Waals surface area contributed by atoms with Gasteiger partial charge in [-0.3, -0.25) is 0 Å². The number of fused-ring (bicyclic) bond motifs is 1. The molecule has 25 heavy (non-hydrogen) atoms. The summed E-state index contributed by atoms with van der Waals surface area (Å²) in [6.07, 6.45) is 5.29. The lowest BCUT2D eigenvalue weighted by atomic mass is 9.92. The molecule has 1 aliphatic carbocycles. The summed E-state index contributed by atoms with van der Waals surface area (Å²) in [6.45, 7) is 11.7. The summed E-state index contributed by atoms with van der Waals surface area (Å²) in [5.41, 5.74) is 1.22. The maximum atomic E-state index is 6.79. The van der Waals surface area contributed by atoms with Crippen molar-refractivity contribution in [1.29, 1.82) is 0 Å². The molecule has 0 unspecified atom stereocenters. The molecular weight excluding hydrogens is 322 g/mol. The second-order valence-electron chi connectivity index (χ2n) is 9.01. The van der Waals surface area contributed by atoms with E-state index in [1.807, 2.05) is 0 Å². The van der Waals surface area contributed by atoms with Gasteiger partial charge in [-0.25, -0.2) is 0 Å².